The molecule has 0 spiro atoms. The van der Waals surface area contributed by atoms with Gasteiger partial charge < -0.3 is 10.4 Å². The van der Waals surface area contributed by atoms with Crippen LogP contribution in [0.5, 0.6) is 0 Å². The summed E-state index contributed by atoms with van der Waals surface area (Å²) in [7, 11) is 0. The Bertz CT molecular complexity index is 554. The lowest BCUT2D eigenvalue weighted by molar-refractivity contribution is -0.143. The first-order chi connectivity index (χ1) is 9.76. The number of hydrogen-bond acceptors (Lipinski definition) is 4. The summed E-state index contributed by atoms with van der Waals surface area (Å²) in [4.78, 5) is 11.7. The highest BCUT2D eigenvalue weighted by Gasteiger charge is 2.30. The molecule has 0 amide bonds. The van der Waals surface area contributed by atoms with Gasteiger partial charge in [-0.25, -0.2) is 4.68 Å². The minimum Gasteiger partial charge on any atom is -0.393 e. The summed E-state index contributed by atoms with van der Waals surface area (Å²) in [5.74, 6) is 0. The Balaban J connectivity index is 2.12. The highest BCUT2D eigenvalue weighted by molar-refractivity contribution is 6.32. The molecule has 0 saturated heterocycles. The van der Waals surface area contributed by atoms with E-state index in [-0.39, 0.29) is 27.5 Å². The van der Waals surface area contributed by atoms with E-state index in [9.17, 15) is 23.1 Å². The number of hydrogen-bond donors (Lipinski definition) is 2. The molecule has 9 heteroatoms. The van der Waals surface area contributed by atoms with Crippen LogP contribution in [0.3, 0.4) is 0 Å². The highest BCUT2D eigenvalue weighted by Crippen LogP contribution is 2.25. The summed E-state index contributed by atoms with van der Waals surface area (Å²) in [6, 6.07) is 0.0190. The summed E-state index contributed by atoms with van der Waals surface area (Å²) in [5.41, 5.74) is -0.753. The zero-order chi connectivity index (χ0) is 15.6. The van der Waals surface area contributed by atoms with Crippen LogP contribution in [0, 0.1) is 0 Å². The Hall–Kier alpha value is -1.28. The molecule has 0 bridgehead atoms. The van der Waals surface area contributed by atoms with E-state index in [0.717, 1.165) is 6.20 Å². The Kier molecular flexibility index (Phi) is 4.77. The van der Waals surface area contributed by atoms with Crippen molar-refractivity contribution in [1.82, 2.24) is 9.78 Å². The van der Waals surface area contributed by atoms with Crippen molar-refractivity contribution in [2.45, 2.75) is 50.6 Å². The maximum absolute atomic E-state index is 12.3. The second-order valence-electron chi connectivity index (χ2n) is 5.10. The third kappa shape index (κ3) is 4.34. The molecule has 1 aromatic rings. The summed E-state index contributed by atoms with van der Waals surface area (Å²) >= 11 is 5.82. The average Bonchev–Trinajstić information content (AvgIpc) is 2.39. The number of alkyl halides is 3. The van der Waals surface area contributed by atoms with E-state index in [2.05, 4.69) is 10.4 Å². The van der Waals surface area contributed by atoms with Crippen molar-refractivity contribution in [3.05, 3.63) is 21.6 Å². The Morgan fingerprint density at radius 2 is 2.00 bits per heavy atom. The fourth-order valence-electron chi connectivity index (χ4n) is 2.29. The van der Waals surface area contributed by atoms with E-state index in [4.69, 9.17) is 11.6 Å². The quantitative estimate of drug-likeness (QED) is 0.894. The summed E-state index contributed by atoms with van der Waals surface area (Å²) in [6.45, 7) is -1.47. The van der Waals surface area contributed by atoms with E-state index in [1.54, 1.807) is 0 Å². The van der Waals surface area contributed by atoms with E-state index in [1.807, 2.05) is 0 Å². The summed E-state index contributed by atoms with van der Waals surface area (Å²) in [6.07, 6.45) is -1.07. The van der Waals surface area contributed by atoms with Gasteiger partial charge in [0.1, 0.15) is 11.6 Å². The number of aliphatic hydroxyl groups excluding tert-OH is 1. The molecule has 1 aliphatic rings. The molecular weight excluding hydrogens is 311 g/mol. The van der Waals surface area contributed by atoms with Gasteiger partial charge in [0.25, 0.3) is 5.56 Å². The van der Waals surface area contributed by atoms with Crippen LogP contribution in [-0.2, 0) is 6.54 Å². The van der Waals surface area contributed by atoms with Gasteiger partial charge in [0.2, 0.25) is 0 Å². The van der Waals surface area contributed by atoms with Crippen molar-refractivity contribution < 1.29 is 18.3 Å². The molecule has 0 aliphatic heterocycles. The smallest absolute Gasteiger partial charge is 0.393 e. The Morgan fingerprint density at radius 3 is 2.57 bits per heavy atom. The van der Waals surface area contributed by atoms with Crippen LogP contribution in [0.15, 0.2) is 11.0 Å². The lowest BCUT2D eigenvalue weighted by Gasteiger charge is -2.27. The molecule has 0 radical (unpaired) electrons. The van der Waals surface area contributed by atoms with Crippen molar-refractivity contribution in [1.29, 1.82) is 0 Å². The zero-order valence-electron chi connectivity index (χ0n) is 11.0. The van der Waals surface area contributed by atoms with Crippen LogP contribution in [0.2, 0.25) is 5.02 Å². The number of nitrogens with one attached hydrogen (secondary N) is 1. The second kappa shape index (κ2) is 6.23. The van der Waals surface area contributed by atoms with Crippen molar-refractivity contribution in [3.63, 3.8) is 0 Å². The van der Waals surface area contributed by atoms with Crippen LogP contribution < -0.4 is 10.9 Å². The Morgan fingerprint density at radius 1 is 1.38 bits per heavy atom. The van der Waals surface area contributed by atoms with Crippen molar-refractivity contribution in [2.24, 2.45) is 0 Å². The summed E-state index contributed by atoms with van der Waals surface area (Å²) < 4.78 is 37.1. The average molecular weight is 326 g/mol. The van der Waals surface area contributed by atoms with Crippen LogP contribution in [0.25, 0.3) is 0 Å². The minimum atomic E-state index is -4.53. The molecule has 21 heavy (non-hydrogen) atoms. The zero-order valence-corrected chi connectivity index (χ0v) is 11.8. The minimum absolute atomic E-state index is 0.0190. The van der Waals surface area contributed by atoms with E-state index in [1.165, 1.54) is 0 Å². The number of anilines is 1. The summed E-state index contributed by atoms with van der Waals surface area (Å²) in [5, 5.41) is 15.6. The SMILES string of the molecule is O=c1c(Cl)c(NC2CCC(O)CC2)cnn1CC(F)(F)F. The van der Waals surface area contributed by atoms with Crippen LogP contribution in [0.1, 0.15) is 25.7 Å². The molecule has 2 rings (SSSR count). The highest BCUT2D eigenvalue weighted by atomic mass is 35.5. The number of aliphatic hydroxyl groups is 1. The molecule has 1 aromatic heterocycles. The molecule has 1 fully saturated rings. The van der Waals surface area contributed by atoms with Gasteiger partial charge in [0, 0.05) is 6.04 Å². The van der Waals surface area contributed by atoms with Gasteiger partial charge in [-0.05, 0) is 25.7 Å². The van der Waals surface area contributed by atoms with Gasteiger partial charge in [0.15, 0.2) is 0 Å². The number of halogens is 4. The molecular formula is C12H15ClF3N3O2. The predicted octanol–water partition coefficient (Wildman–Crippen LogP) is 2.17. The molecule has 0 unspecified atom stereocenters. The van der Waals surface area contributed by atoms with Crippen LogP contribution >= 0.6 is 11.6 Å². The second-order valence-corrected chi connectivity index (χ2v) is 5.48. The number of nitrogens with zero attached hydrogens (tertiary/aromatic N) is 2. The largest absolute Gasteiger partial charge is 0.408 e. The van der Waals surface area contributed by atoms with Gasteiger partial charge in [-0.1, -0.05) is 11.6 Å². The maximum Gasteiger partial charge on any atom is 0.408 e. The molecule has 1 heterocycles. The predicted molar refractivity (Wildman–Crippen MR) is 71.4 cm³/mol. The molecule has 5 nitrogen and oxygen atoms in total. The van der Waals surface area contributed by atoms with Crippen LogP contribution in [0.4, 0.5) is 18.9 Å². The molecule has 2 N–H and O–H groups in total. The topological polar surface area (TPSA) is 67.2 Å². The molecule has 0 aromatic carbocycles. The normalized spacial score (nSPS) is 23.1. The van der Waals surface area contributed by atoms with Gasteiger partial charge in [-0.2, -0.15) is 18.3 Å². The molecule has 0 atom stereocenters. The third-order valence-corrected chi connectivity index (χ3v) is 3.74. The van der Waals surface area contributed by atoms with Gasteiger partial charge in [-0.15, -0.1) is 0 Å². The van der Waals surface area contributed by atoms with E-state index in [0.29, 0.717) is 25.7 Å². The number of aromatic nitrogens is 2. The maximum atomic E-state index is 12.3. The van der Waals surface area contributed by atoms with Gasteiger partial charge >= 0.3 is 6.18 Å². The van der Waals surface area contributed by atoms with Crippen molar-refractivity contribution in [2.75, 3.05) is 5.32 Å². The monoisotopic (exact) mass is 325 g/mol. The first-order valence-corrected chi connectivity index (χ1v) is 6.91. The van der Waals surface area contributed by atoms with Crippen molar-refractivity contribution >= 4 is 17.3 Å². The molecule has 1 saturated carbocycles. The first-order valence-electron chi connectivity index (χ1n) is 6.53. The third-order valence-electron chi connectivity index (χ3n) is 3.37. The van der Waals surface area contributed by atoms with E-state index >= 15 is 0 Å². The van der Waals surface area contributed by atoms with Gasteiger partial charge in [-0.3, -0.25) is 4.79 Å². The first kappa shape index (κ1) is 16.1. The lowest BCUT2D eigenvalue weighted by atomic mass is 9.93. The fourth-order valence-corrected chi connectivity index (χ4v) is 2.49. The van der Waals surface area contributed by atoms with Crippen molar-refractivity contribution in [3.8, 4) is 0 Å². The Labute approximate surface area is 123 Å². The molecule has 118 valence electrons. The molecule has 1 aliphatic carbocycles. The van der Waals surface area contributed by atoms with E-state index < -0.39 is 18.3 Å². The van der Waals surface area contributed by atoms with Crippen LogP contribution in [-0.4, -0.2) is 33.2 Å². The lowest BCUT2D eigenvalue weighted by Crippen LogP contribution is -2.32. The number of rotatable bonds is 3. The fraction of sp³-hybridized carbons (Fsp3) is 0.667. The standard InChI is InChI=1S/C12H15ClF3N3O2/c13-10-9(18-7-1-3-8(20)4-2-7)5-17-19(11(10)21)6-12(14,15)16/h5,7-8,18,20H,1-4,6H2. The van der Waals surface area contributed by atoms with Gasteiger partial charge in [0.05, 0.1) is 18.0 Å².